The highest BCUT2D eigenvalue weighted by Crippen LogP contribution is 2.04. The van der Waals surface area contributed by atoms with Crippen LogP contribution in [0.1, 0.15) is 29.8 Å². The molecule has 0 bridgehead atoms. The van der Waals surface area contributed by atoms with Gasteiger partial charge in [-0.25, -0.2) is 4.79 Å². The number of rotatable bonds is 4. The van der Waals surface area contributed by atoms with E-state index in [4.69, 9.17) is 17.3 Å². The van der Waals surface area contributed by atoms with Gasteiger partial charge < -0.3 is 15.7 Å². The van der Waals surface area contributed by atoms with Gasteiger partial charge in [-0.3, -0.25) is 4.79 Å². The van der Waals surface area contributed by atoms with Crippen molar-refractivity contribution in [3.05, 3.63) is 35.4 Å². The van der Waals surface area contributed by atoms with Crippen molar-refractivity contribution in [2.24, 2.45) is 5.92 Å². The molecule has 0 aromatic heterocycles. The summed E-state index contributed by atoms with van der Waals surface area (Å²) in [6.45, 7) is 3.99. The Morgan fingerprint density at radius 1 is 1.26 bits per heavy atom. The summed E-state index contributed by atoms with van der Waals surface area (Å²) in [6.07, 6.45) is 0. The van der Waals surface area contributed by atoms with Crippen LogP contribution >= 0.6 is 12.2 Å². The Hall–Kier alpha value is -1.95. The van der Waals surface area contributed by atoms with Crippen LogP contribution in [0.2, 0.25) is 0 Å². The maximum absolute atomic E-state index is 11.4. The zero-order chi connectivity index (χ0) is 14.4. The van der Waals surface area contributed by atoms with Crippen LogP contribution in [0.4, 0.5) is 0 Å². The van der Waals surface area contributed by atoms with E-state index < -0.39 is 5.97 Å². The Morgan fingerprint density at radius 2 is 1.84 bits per heavy atom. The first-order chi connectivity index (χ1) is 8.90. The predicted octanol–water partition coefficient (Wildman–Crippen LogP) is 1.53. The molecule has 0 saturated carbocycles. The van der Waals surface area contributed by atoms with Crippen molar-refractivity contribution in [3.63, 3.8) is 0 Å². The van der Waals surface area contributed by atoms with E-state index in [2.05, 4.69) is 10.6 Å². The number of carboxylic acids is 1. The van der Waals surface area contributed by atoms with Gasteiger partial charge in [-0.15, -0.1) is 0 Å². The number of amides is 1. The van der Waals surface area contributed by atoms with Gasteiger partial charge in [0.15, 0.2) is 5.11 Å². The minimum atomic E-state index is -0.959. The lowest BCUT2D eigenvalue weighted by Gasteiger charge is -2.11. The lowest BCUT2D eigenvalue weighted by atomic mass is 10.1. The van der Waals surface area contributed by atoms with E-state index >= 15 is 0 Å². The Balaban J connectivity index is 2.46. The monoisotopic (exact) mass is 280 g/mol. The fourth-order valence-corrected chi connectivity index (χ4v) is 1.42. The van der Waals surface area contributed by atoms with Crippen LogP contribution in [0.15, 0.2) is 24.3 Å². The Morgan fingerprint density at radius 3 is 2.32 bits per heavy atom. The minimum absolute atomic E-state index is 0.130. The van der Waals surface area contributed by atoms with Crippen molar-refractivity contribution in [3.8, 4) is 0 Å². The second-order valence-corrected chi connectivity index (χ2v) is 4.74. The van der Waals surface area contributed by atoms with Gasteiger partial charge in [0.2, 0.25) is 5.91 Å². The smallest absolute Gasteiger partial charge is 0.335 e. The van der Waals surface area contributed by atoms with Gasteiger partial charge in [-0.2, -0.15) is 0 Å². The molecule has 1 aromatic carbocycles. The minimum Gasteiger partial charge on any atom is -0.478 e. The van der Waals surface area contributed by atoms with Crippen molar-refractivity contribution in [1.29, 1.82) is 0 Å². The number of hydrogen-bond acceptors (Lipinski definition) is 3. The quantitative estimate of drug-likeness (QED) is 0.729. The second-order valence-electron chi connectivity index (χ2n) is 4.33. The molecule has 19 heavy (non-hydrogen) atoms. The molecule has 0 heterocycles. The SMILES string of the molecule is CC(C)C(=O)NC(=S)NCc1ccc(C(=O)O)cc1. The van der Waals surface area contributed by atoms with E-state index in [0.717, 1.165) is 5.56 Å². The van der Waals surface area contributed by atoms with Crippen LogP contribution < -0.4 is 10.6 Å². The molecule has 0 radical (unpaired) electrons. The third-order valence-corrected chi connectivity index (χ3v) is 2.66. The largest absolute Gasteiger partial charge is 0.478 e. The molecule has 3 N–H and O–H groups in total. The zero-order valence-corrected chi connectivity index (χ0v) is 11.6. The molecule has 1 rings (SSSR count). The molecule has 0 aliphatic heterocycles. The Kier molecular flexibility index (Phi) is 5.44. The summed E-state index contributed by atoms with van der Waals surface area (Å²) in [6, 6.07) is 6.44. The molecule has 0 fully saturated rings. The number of aromatic carboxylic acids is 1. The number of nitrogens with one attached hydrogen (secondary N) is 2. The highest BCUT2D eigenvalue weighted by Gasteiger charge is 2.08. The molecule has 1 amide bonds. The first-order valence-electron chi connectivity index (χ1n) is 5.81. The molecule has 1 aromatic rings. The highest BCUT2D eigenvalue weighted by molar-refractivity contribution is 7.80. The van der Waals surface area contributed by atoms with Gasteiger partial charge >= 0.3 is 5.97 Å². The maximum Gasteiger partial charge on any atom is 0.335 e. The molecule has 5 nitrogen and oxygen atoms in total. The molecule has 102 valence electrons. The van der Waals surface area contributed by atoms with Crippen molar-refractivity contribution < 1.29 is 14.7 Å². The molecule has 0 unspecified atom stereocenters. The highest BCUT2D eigenvalue weighted by atomic mass is 32.1. The van der Waals surface area contributed by atoms with Crippen molar-refractivity contribution in [2.75, 3.05) is 0 Å². The summed E-state index contributed by atoms with van der Waals surface area (Å²) in [5, 5.41) is 14.5. The molecule has 0 atom stereocenters. The van der Waals surface area contributed by atoms with Gasteiger partial charge in [-0.1, -0.05) is 26.0 Å². The number of thiocarbonyl (C=S) groups is 1. The standard InChI is InChI=1S/C13H16N2O3S/c1-8(2)11(16)15-13(19)14-7-9-3-5-10(6-4-9)12(17)18/h3-6,8H,7H2,1-2H3,(H,17,18)(H2,14,15,16,19). The molecular formula is C13H16N2O3S. The number of hydrogen-bond donors (Lipinski definition) is 3. The van der Waals surface area contributed by atoms with Crippen molar-refractivity contribution >= 4 is 29.2 Å². The maximum atomic E-state index is 11.4. The second kappa shape index (κ2) is 6.84. The first-order valence-corrected chi connectivity index (χ1v) is 6.22. The predicted molar refractivity (Wildman–Crippen MR) is 75.8 cm³/mol. The van der Waals surface area contributed by atoms with Crippen molar-refractivity contribution in [1.82, 2.24) is 10.6 Å². The van der Waals surface area contributed by atoms with Gasteiger partial charge in [0.05, 0.1) is 5.56 Å². The summed E-state index contributed by atoms with van der Waals surface area (Å²) in [7, 11) is 0. The van der Waals surface area contributed by atoms with E-state index in [-0.39, 0.29) is 22.5 Å². The molecular weight excluding hydrogens is 264 g/mol. The number of carboxylic acid groups (broad SMARTS) is 1. The third kappa shape index (κ3) is 5.05. The summed E-state index contributed by atoms with van der Waals surface area (Å²) in [5.74, 6) is -1.23. The molecule has 0 spiro atoms. The van der Waals surface area contributed by atoms with E-state index in [1.54, 1.807) is 26.0 Å². The fraction of sp³-hybridized carbons (Fsp3) is 0.308. The summed E-state index contributed by atoms with van der Waals surface area (Å²) in [4.78, 5) is 22.1. The van der Waals surface area contributed by atoms with Gasteiger partial charge in [-0.05, 0) is 29.9 Å². The molecule has 0 aliphatic carbocycles. The normalized spacial score (nSPS) is 10.1. The summed E-state index contributed by atoms with van der Waals surface area (Å²) in [5.41, 5.74) is 1.12. The number of carbonyl (C=O) groups excluding carboxylic acids is 1. The van der Waals surface area contributed by atoms with Crippen LogP contribution in [0.25, 0.3) is 0 Å². The fourth-order valence-electron chi connectivity index (χ4n) is 1.25. The average Bonchev–Trinajstić information content (AvgIpc) is 2.36. The number of carbonyl (C=O) groups is 2. The van der Waals surface area contributed by atoms with Crippen LogP contribution in [0.3, 0.4) is 0 Å². The summed E-state index contributed by atoms with van der Waals surface area (Å²) >= 11 is 4.98. The Labute approximate surface area is 117 Å². The van der Waals surface area contributed by atoms with E-state index in [1.165, 1.54) is 12.1 Å². The van der Waals surface area contributed by atoms with Crippen LogP contribution in [0, 0.1) is 5.92 Å². The lowest BCUT2D eigenvalue weighted by Crippen LogP contribution is -2.40. The third-order valence-electron chi connectivity index (χ3n) is 2.42. The van der Waals surface area contributed by atoms with Gasteiger partial charge in [0.1, 0.15) is 0 Å². The van der Waals surface area contributed by atoms with Gasteiger partial charge in [0, 0.05) is 12.5 Å². The van der Waals surface area contributed by atoms with E-state index in [0.29, 0.717) is 6.54 Å². The van der Waals surface area contributed by atoms with Crippen LogP contribution in [-0.4, -0.2) is 22.1 Å². The molecule has 0 aliphatic rings. The topological polar surface area (TPSA) is 78.4 Å². The summed E-state index contributed by atoms with van der Waals surface area (Å²) < 4.78 is 0. The first kappa shape index (κ1) is 15.1. The average molecular weight is 280 g/mol. The van der Waals surface area contributed by atoms with Crippen LogP contribution in [-0.2, 0) is 11.3 Å². The molecule has 6 heteroatoms. The lowest BCUT2D eigenvalue weighted by molar-refractivity contribution is -0.122. The van der Waals surface area contributed by atoms with Crippen LogP contribution in [0.5, 0.6) is 0 Å². The van der Waals surface area contributed by atoms with E-state index in [9.17, 15) is 9.59 Å². The van der Waals surface area contributed by atoms with Crippen molar-refractivity contribution in [2.45, 2.75) is 20.4 Å². The van der Waals surface area contributed by atoms with E-state index in [1.807, 2.05) is 0 Å². The van der Waals surface area contributed by atoms with Gasteiger partial charge in [0.25, 0.3) is 0 Å². The number of benzene rings is 1. The molecule has 0 saturated heterocycles. The Bertz CT molecular complexity index is 483. The zero-order valence-electron chi connectivity index (χ0n) is 10.8.